The van der Waals surface area contributed by atoms with E-state index in [2.05, 4.69) is 0 Å². The standard InChI is InChI=1S/C10H13NO3/c1-14-8-3-2-7(4-5-12)9(6-8)10(11)13/h2-3,6,12H,4-5H2,1H3,(H2,11,13). The molecule has 0 aliphatic carbocycles. The number of hydrogen-bond donors (Lipinski definition) is 2. The zero-order valence-electron chi connectivity index (χ0n) is 7.99. The van der Waals surface area contributed by atoms with E-state index in [9.17, 15) is 4.79 Å². The van der Waals surface area contributed by atoms with Crippen molar-refractivity contribution >= 4 is 5.91 Å². The highest BCUT2D eigenvalue weighted by Gasteiger charge is 2.08. The number of carbonyl (C=O) groups is 1. The lowest BCUT2D eigenvalue weighted by Crippen LogP contribution is -2.14. The van der Waals surface area contributed by atoms with Crippen LogP contribution >= 0.6 is 0 Å². The fourth-order valence-electron chi connectivity index (χ4n) is 1.25. The minimum Gasteiger partial charge on any atom is -0.497 e. The summed E-state index contributed by atoms with van der Waals surface area (Å²) < 4.78 is 4.97. The SMILES string of the molecule is COc1ccc(CCO)c(C(N)=O)c1. The average molecular weight is 195 g/mol. The smallest absolute Gasteiger partial charge is 0.249 e. The van der Waals surface area contributed by atoms with E-state index in [0.29, 0.717) is 17.7 Å². The van der Waals surface area contributed by atoms with Crippen molar-refractivity contribution in [2.45, 2.75) is 6.42 Å². The number of primary amides is 1. The molecule has 1 aromatic carbocycles. The molecule has 3 N–H and O–H groups in total. The van der Waals surface area contributed by atoms with Gasteiger partial charge in [0.05, 0.1) is 7.11 Å². The van der Waals surface area contributed by atoms with Crippen LogP contribution < -0.4 is 10.5 Å². The van der Waals surface area contributed by atoms with Gasteiger partial charge in [-0.2, -0.15) is 0 Å². The number of nitrogens with two attached hydrogens (primary N) is 1. The highest BCUT2D eigenvalue weighted by atomic mass is 16.5. The number of methoxy groups -OCH3 is 1. The molecule has 0 saturated heterocycles. The molecule has 0 radical (unpaired) electrons. The second kappa shape index (κ2) is 4.62. The molecule has 0 spiro atoms. The molecule has 0 bridgehead atoms. The lowest BCUT2D eigenvalue weighted by molar-refractivity contribution is 0.0999. The van der Waals surface area contributed by atoms with Crippen molar-refractivity contribution in [3.63, 3.8) is 0 Å². The molecule has 76 valence electrons. The fourth-order valence-corrected chi connectivity index (χ4v) is 1.25. The summed E-state index contributed by atoms with van der Waals surface area (Å²) in [5.74, 6) is 0.0767. The van der Waals surface area contributed by atoms with E-state index < -0.39 is 5.91 Å². The molecule has 0 unspecified atom stereocenters. The quantitative estimate of drug-likeness (QED) is 0.727. The Morgan fingerprint density at radius 1 is 1.57 bits per heavy atom. The summed E-state index contributed by atoms with van der Waals surface area (Å²) >= 11 is 0. The van der Waals surface area contributed by atoms with Crippen LogP contribution in [0.1, 0.15) is 15.9 Å². The van der Waals surface area contributed by atoms with Crippen LogP contribution in [0.2, 0.25) is 0 Å². The second-order valence-electron chi connectivity index (χ2n) is 2.86. The van der Waals surface area contributed by atoms with E-state index in [1.807, 2.05) is 0 Å². The van der Waals surface area contributed by atoms with Gasteiger partial charge in [0, 0.05) is 12.2 Å². The number of aliphatic hydroxyl groups excluding tert-OH is 1. The van der Waals surface area contributed by atoms with Gasteiger partial charge < -0.3 is 15.6 Å². The average Bonchev–Trinajstić information content (AvgIpc) is 2.18. The van der Waals surface area contributed by atoms with Gasteiger partial charge in [-0.3, -0.25) is 4.79 Å². The van der Waals surface area contributed by atoms with Crippen LogP contribution in [0.15, 0.2) is 18.2 Å². The van der Waals surface area contributed by atoms with Gasteiger partial charge in [0.15, 0.2) is 0 Å². The van der Waals surface area contributed by atoms with Gasteiger partial charge in [0.1, 0.15) is 5.75 Å². The third-order valence-corrected chi connectivity index (χ3v) is 1.96. The molecule has 0 fully saturated rings. The van der Waals surface area contributed by atoms with Crippen LogP contribution in [0.25, 0.3) is 0 Å². The summed E-state index contributed by atoms with van der Waals surface area (Å²) in [5, 5.41) is 8.77. The molecule has 14 heavy (non-hydrogen) atoms. The minimum atomic E-state index is -0.507. The predicted molar refractivity (Wildman–Crippen MR) is 52.3 cm³/mol. The molecule has 1 amide bonds. The van der Waals surface area contributed by atoms with E-state index in [0.717, 1.165) is 5.56 Å². The van der Waals surface area contributed by atoms with Gasteiger partial charge in [0.25, 0.3) is 0 Å². The molecular weight excluding hydrogens is 182 g/mol. The number of rotatable bonds is 4. The van der Waals surface area contributed by atoms with Gasteiger partial charge in [-0.25, -0.2) is 0 Å². The predicted octanol–water partition coefficient (Wildman–Crippen LogP) is 0.329. The summed E-state index contributed by atoms with van der Waals surface area (Å²) in [6.07, 6.45) is 0.419. The molecule has 1 aromatic rings. The van der Waals surface area contributed by atoms with Crippen LogP contribution in [0.5, 0.6) is 5.75 Å². The lowest BCUT2D eigenvalue weighted by atomic mass is 10.0. The van der Waals surface area contributed by atoms with Crippen molar-refractivity contribution in [2.24, 2.45) is 5.73 Å². The highest BCUT2D eigenvalue weighted by Crippen LogP contribution is 2.17. The highest BCUT2D eigenvalue weighted by molar-refractivity contribution is 5.94. The molecule has 0 aromatic heterocycles. The Morgan fingerprint density at radius 2 is 2.29 bits per heavy atom. The maximum absolute atomic E-state index is 11.0. The molecule has 0 aliphatic rings. The van der Waals surface area contributed by atoms with Gasteiger partial charge in [-0.05, 0) is 24.1 Å². The Balaban J connectivity index is 3.10. The van der Waals surface area contributed by atoms with E-state index >= 15 is 0 Å². The summed E-state index contributed by atoms with van der Waals surface area (Å²) in [4.78, 5) is 11.0. The number of amides is 1. The van der Waals surface area contributed by atoms with Crippen molar-refractivity contribution in [1.82, 2.24) is 0 Å². The molecule has 0 saturated carbocycles. The van der Waals surface area contributed by atoms with Gasteiger partial charge in [-0.1, -0.05) is 6.07 Å². The van der Waals surface area contributed by atoms with Crippen LogP contribution in [0.3, 0.4) is 0 Å². The number of carbonyl (C=O) groups excluding carboxylic acids is 1. The lowest BCUT2D eigenvalue weighted by Gasteiger charge is -2.07. The maximum Gasteiger partial charge on any atom is 0.249 e. The van der Waals surface area contributed by atoms with Crippen molar-refractivity contribution in [1.29, 1.82) is 0 Å². The largest absolute Gasteiger partial charge is 0.497 e. The third kappa shape index (κ3) is 2.23. The first kappa shape index (κ1) is 10.5. The van der Waals surface area contributed by atoms with Crippen molar-refractivity contribution < 1.29 is 14.6 Å². The first-order valence-corrected chi connectivity index (χ1v) is 4.26. The fraction of sp³-hybridized carbons (Fsp3) is 0.300. The number of ether oxygens (including phenoxy) is 1. The van der Waals surface area contributed by atoms with Crippen LogP contribution in [-0.4, -0.2) is 24.7 Å². The van der Waals surface area contributed by atoms with Crippen molar-refractivity contribution in [2.75, 3.05) is 13.7 Å². The Kier molecular flexibility index (Phi) is 3.48. The van der Waals surface area contributed by atoms with E-state index in [1.165, 1.54) is 7.11 Å². The summed E-state index contributed by atoms with van der Waals surface area (Å²) in [7, 11) is 1.52. The summed E-state index contributed by atoms with van der Waals surface area (Å²) in [6.45, 7) is -0.00733. The van der Waals surface area contributed by atoms with E-state index in [1.54, 1.807) is 18.2 Å². The monoisotopic (exact) mass is 195 g/mol. The molecule has 4 nitrogen and oxygen atoms in total. The molecule has 4 heteroatoms. The summed E-state index contributed by atoms with van der Waals surface area (Å²) in [6, 6.07) is 5.04. The van der Waals surface area contributed by atoms with E-state index in [4.69, 9.17) is 15.6 Å². The Morgan fingerprint density at radius 3 is 2.79 bits per heavy atom. The Bertz CT molecular complexity index is 336. The van der Waals surface area contributed by atoms with Gasteiger partial charge in [0.2, 0.25) is 5.91 Å². The number of hydrogen-bond acceptors (Lipinski definition) is 3. The molecular formula is C10H13NO3. The van der Waals surface area contributed by atoms with Crippen molar-refractivity contribution in [3.05, 3.63) is 29.3 Å². The van der Waals surface area contributed by atoms with Crippen LogP contribution in [0.4, 0.5) is 0 Å². The first-order chi connectivity index (χ1) is 6.69. The van der Waals surface area contributed by atoms with Gasteiger partial charge >= 0.3 is 0 Å². The van der Waals surface area contributed by atoms with E-state index in [-0.39, 0.29) is 6.61 Å². The third-order valence-electron chi connectivity index (χ3n) is 1.96. The summed E-state index contributed by atoms with van der Waals surface area (Å²) in [5.41, 5.74) is 6.33. The number of aliphatic hydroxyl groups is 1. The molecule has 0 aliphatic heterocycles. The zero-order chi connectivity index (χ0) is 10.6. The van der Waals surface area contributed by atoms with Gasteiger partial charge in [-0.15, -0.1) is 0 Å². The minimum absolute atomic E-state index is 0.00733. The van der Waals surface area contributed by atoms with Crippen molar-refractivity contribution in [3.8, 4) is 5.75 Å². The van der Waals surface area contributed by atoms with Crippen LogP contribution in [-0.2, 0) is 6.42 Å². The topological polar surface area (TPSA) is 72.6 Å². The Hall–Kier alpha value is -1.55. The van der Waals surface area contributed by atoms with Crippen LogP contribution in [0, 0.1) is 0 Å². The Labute approximate surface area is 82.3 Å². The normalized spacial score (nSPS) is 9.86. The molecule has 0 heterocycles. The second-order valence-corrected chi connectivity index (χ2v) is 2.86. The zero-order valence-corrected chi connectivity index (χ0v) is 7.99. The number of benzene rings is 1. The molecule has 1 rings (SSSR count). The maximum atomic E-state index is 11.0. The molecule has 0 atom stereocenters. The first-order valence-electron chi connectivity index (χ1n) is 4.26.